The van der Waals surface area contributed by atoms with Crippen LogP contribution >= 0.6 is 11.6 Å². The number of quaternary nitrogens is 1. The summed E-state index contributed by atoms with van der Waals surface area (Å²) in [5.41, 5.74) is 2.17. The molecule has 0 spiro atoms. The summed E-state index contributed by atoms with van der Waals surface area (Å²) in [5.74, 6) is 0.842. The first-order chi connectivity index (χ1) is 11.5. The summed E-state index contributed by atoms with van der Waals surface area (Å²) in [6.45, 7) is 3.19. The van der Waals surface area contributed by atoms with Crippen LogP contribution in [0.2, 0.25) is 5.02 Å². The first-order valence-corrected chi connectivity index (χ1v) is 8.35. The van der Waals surface area contributed by atoms with Crippen LogP contribution in [0.25, 0.3) is 0 Å². The van der Waals surface area contributed by atoms with E-state index >= 15 is 0 Å². The van der Waals surface area contributed by atoms with E-state index in [0.29, 0.717) is 6.54 Å². The highest BCUT2D eigenvalue weighted by molar-refractivity contribution is 6.30. The van der Waals surface area contributed by atoms with Gasteiger partial charge in [-0.2, -0.15) is 0 Å². The second-order valence-electron chi connectivity index (χ2n) is 5.94. The molecule has 0 fully saturated rings. The first-order valence-electron chi connectivity index (χ1n) is 7.97. The van der Waals surface area contributed by atoms with Crippen molar-refractivity contribution in [2.75, 3.05) is 14.2 Å². The van der Waals surface area contributed by atoms with E-state index < -0.39 is 0 Å². The zero-order chi connectivity index (χ0) is 17.5. The lowest BCUT2D eigenvalue weighted by Gasteiger charge is -2.21. The maximum Gasteiger partial charge on any atom is 0.278 e. The minimum absolute atomic E-state index is 0.0327. The molecule has 24 heavy (non-hydrogen) atoms. The fourth-order valence-corrected chi connectivity index (χ4v) is 2.64. The number of hydrogen-bond donors (Lipinski definition) is 2. The number of rotatable bonds is 7. The molecule has 5 heteroatoms. The second-order valence-corrected chi connectivity index (χ2v) is 6.38. The molecular weight excluding hydrogens is 324 g/mol. The van der Waals surface area contributed by atoms with Crippen molar-refractivity contribution in [1.29, 1.82) is 0 Å². The van der Waals surface area contributed by atoms with Crippen LogP contribution in [0.4, 0.5) is 0 Å². The van der Waals surface area contributed by atoms with Crippen LogP contribution in [0.3, 0.4) is 0 Å². The minimum Gasteiger partial charge on any atom is -0.497 e. The highest BCUT2D eigenvalue weighted by atomic mass is 35.5. The number of amides is 1. The Balaban J connectivity index is 1.86. The number of benzene rings is 2. The van der Waals surface area contributed by atoms with Crippen LogP contribution in [0.1, 0.15) is 18.1 Å². The van der Waals surface area contributed by atoms with E-state index in [4.69, 9.17) is 16.3 Å². The van der Waals surface area contributed by atoms with Gasteiger partial charge >= 0.3 is 0 Å². The van der Waals surface area contributed by atoms with Crippen LogP contribution in [0.15, 0.2) is 48.5 Å². The summed E-state index contributed by atoms with van der Waals surface area (Å²) in [4.78, 5) is 13.5. The molecule has 0 aliphatic heterocycles. The summed E-state index contributed by atoms with van der Waals surface area (Å²) >= 11 is 6.01. The molecule has 4 nitrogen and oxygen atoms in total. The predicted octanol–water partition coefficient (Wildman–Crippen LogP) is 2.07. The summed E-state index contributed by atoms with van der Waals surface area (Å²) in [7, 11) is 3.65. The lowest BCUT2D eigenvalue weighted by Crippen LogP contribution is -3.12. The van der Waals surface area contributed by atoms with E-state index in [1.54, 1.807) is 7.11 Å². The van der Waals surface area contributed by atoms with E-state index in [2.05, 4.69) is 5.32 Å². The molecule has 0 saturated heterocycles. The Morgan fingerprint density at radius 2 is 1.92 bits per heavy atom. The fourth-order valence-electron chi connectivity index (χ4n) is 2.43. The number of carbonyl (C=O) groups is 1. The van der Waals surface area contributed by atoms with Gasteiger partial charge in [-0.1, -0.05) is 35.9 Å². The molecule has 0 radical (unpaired) electrons. The van der Waals surface area contributed by atoms with Gasteiger partial charge in [0.25, 0.3) is 5.91 Å². The Morgan fingerprint density at radius 3 is 2.54 bits per heavy atom. The molecule has 2 N–H and O–H groups in total. The van der Waals surface area contributed by atoms with Gasteiger partial charge < -0.3 is 15.0 Å². The van der Waals surface area contributed by atoms with Crippen molar-refractivity contribution in [1.82, 2.24) is 5.32 Å². The Hall–Kier alpha value is -2.04. The quantitative estimate of drug-likeness (QED) is 0.805. The average molecular weight is 348 g/mol. The first kappa shape index (κ1) is 18.3. The van der Waals surface area contributed by atoms with Crippen LogP contribution in [0, 0.1) is 0 Å². The Bertz CT molecular complexity index is 673. The van der Waals surface area contributed by atoms with Crippen LogP contribution in [-0.4, -0.2) is 26.1 Å². The largest absolute Gasteiger partial charge is 0.497 e. The van der Waals surface area contributed by atoms with E-state index in [9.17, 15) is 4.79 Å². The molecule has 128 valence electrons. The molecule has 0 aromatic heterocycles. The van der Waals surface area contributed by atoms with Gasteiger partial charge in [0.15, 0.2) is 6.04 Å². The van der Waals surface area contributed by atoms with Gasteiger partial charge in [-0.3, -0.25) is 4.79 Å². The molecule has 0 saturated carbocycles. The van der Waals surface area contributed by atoms with Crippen molar-refractivity contribution >= 4 is 17.5 Å². The number of nitrogens with one attached hydrogen (secondary N) is 2. The third-order valence-corrected chi connectivity index (χ3v) is 4.37. The molecule has 1 unspecified atom stereocenters. The normalized spacial score (nSPS) is 13.2. The van der Waals surface area contributed by atoms with Crippen molar-refractivity contribution in [2.45, 2.75) is 26.1 Å². The summed E-state index contributed by atoms with van der Waals surface area (Å²) in [5, 5.41) is 3.71. The molecule has 2 aromatic carbocycles. The van der Waals surface area contributed by atoms with Crippen molar-refractivity contribution < 1.29 is 14.4 Å². The molecule has 2 aromatic rings. The number of halogens is 1. The van der Waals surface area contributed by atoms with Gasteiger partial charge in [0.1, 0.15) is 12.3 Å². The number of carbonyl (C=O) groups excluding carboxylic acids is 1. The van der Waals surface area contributed by atoms with Gasteiger partial charge in [-0.05, 0) is 36.8 Å². The zero-order valence-electron chi connectivity index (χ0n) is 14.3. The number of hydrogen-bond acceptors (Lipinski definition) is 2. The molecular formula is C19H24ClN2O2+. The SMILES string of the molecule is COc1ccc(CNC(=O)[C@@H](C)[NH+](C)Cc2cccc(Cl)c2)cc1. The predicted molar refractivity (Wildman–Crippen MR) is 96.3 cm³/mol. The molecule has 1 amide bonds. The lowest BCUT2D eigenvalue weighted by molar-refractivity contribution is -0.908. The average Bonchev–Trinajstić information content (AvgIpc) is 2.59. The van der Waals surface area contributed by atoms with Crippen molar-refractivity contribution in [3.8, 4) is 5.75 Å². The monoisotopic (exact) mass is 347 g/mol. The van der Waals surface area contributed by atoms with Crippen molar-refractivity contribution in [3.63, 3.8) is 0 Å². The number of ether oxygens (including phenoxy) is 1. The van der Waals surface area contributed by atoms with Crippen LogP contribution in [-0.2, 0) is 17.9 Å². The standard InChI is InChI=1S/C19H23ClN2O2/c1-14(22(2)13-16-5-4-6-17(20)11-16)19(23)21-12-15-7-9-18(24-3)10-8-15/h4-11,14H,12-13H2,1-3H3,(H,21,23)/p+1/t14-/m1/s1. The van der Waals surface area contributed by atoms with Crippen molar-refractivity contribution in [2.24, 2.45) is 0 Å². The Morgan fingerprint density at radius 1 is 1.21 bits per heavy atom. The van der Waals surface area contributed by atoms with Crippen LogP contribution < -0.4 is 15.0 Å². The highest BCUT2D eigenvalue weighted by Gasteiger charge is 2.21. The van der Waals surface area contributed by atoms with Gasteiger partial charge in [-0.25, -0.2) is 0 Å². The lowest BCUT2D eigenvalue weighted by atomic mass is 10.1. The van der Waals surface area contributed by atoms with Gasteiger partial charge in [0, 0.05) is 17.1 Å². The van der Waals surface area contributed by atoms with E-state index in [-0.39, 0.29) is 11.9 Å². The summed E-state index contributed by atoms with van der Waals surface area (Å²) in [6.07, 6.45) is 0. The molecule has 0 aliphatic carbocycles. The van der Waals surface area contributed by atoms with E-state index in [0.717, 1.165) is 33.3 Å². The topological polar surface area (TPSA) is 42.8 Å². The third-order valence-electron chi connectivity index (χ3n) is 4.13. The zero-order valence-corrected chi connectivity index (χ0v) is 15.1. The number of methoxy groups -OCH3 is 1. The van der Waals surface area contributed by atoms with Crippen LogP contribution in [0.5, 0.6) is 5.75 Å². The summed E-state index contributed by atoms with van der Waals surface area (Å²) in [6, 6.07) is 15.3. The van der Waals surface area contributed by atoms with E-state index in [1.165, 1.54) is 0 Å². The highest BCUT2D eigenvalue weighted by Crippen LogP contribution is 2.11. The molecule has 0 aliphatic rings. The molecule has 2 rings (SSSR count). The van der Waals surface area contributed by atoms with Gasteiger partial charge in [-0.15, -0.1) is 0 Å². The van der Waals surface area contributed by atoms with Crippen molar-refractivity contribution in [3.05, 3.63) is 64.7 Å². The molecule has 0 bridgehead atoms. The van der Waals surface area contributed by atoms with E-state index in [1.807, 2.05) is 62.5 Å². The smallest absolute Gasteiger partial charge is 0.278 e. The third kappa shape index (κ3) is 5.25. The second kappa shape index (κ2) is 8.71. The maximum absolute atomic E-state index is 12.4. The Kier molecular flexibility index (Phi) is 6.64. The van der Waals surface area contributed by atoms with Gasteiger partial charge in [0.2, 0.25) is 0 Å². The molecule has 2 atom stereocenters. The summed E-state index contributed by atoms with van der Waals surface area (Å²) < 4.78 is 5.13. The Labute approximate surface area is 148 Å². The number of likely N-dealkylation sites (N-methyl/N-ethyl adjacent to an activating group) is 1. The maximum atomic E-state index is 12.4. The minimum atomic E-state index is -0.151. The van der Waals surface area contributed by atoms with Gasteiger partial charge in [0.05, 0.1) is 14.2 Å². The fraction of sp³-hybridized carbons (Fsp3) is 0.316. The molecule has 0 heterocycles.